The number of aliphatic hydroxyl groups is 3. The molecular weight excluding hydrogens is 184 g/mol. The fraction of sp³-hybridized carbons (Fsp3) is 1.00. The van der Waals surface area contributed by atoms with E-state index < -0.39 is 12.2 Å². The number of rotatable bonds is 3. The highest BCUT2D eigenvalue weighted by Crippen LogP contribution is 2.26. The third-order valence-electron chi connectivity index (χ3n) is 2.69. The second-order valence-corrected chi connectivity index (χ2v) is 4.27. The van der Waals surface area contributed by atoms with E-state index in [9.17, 15) is 10.2 Å². The molecule has 0 unspecified atom stereocenters. The lowest BCUT2D eigenvalue weighted by molar-refractivity contribution is -0.184. The summed E-state index contributed by atoms with van der Waals surface area (Å²) in [5, 5.41) is 28.0. The molecule has 1 aliphatic rings. The fourth-order valence-corrected chi connectivity index (χ4v) is 1.87. The van der Waals surface area contributed by atoms with Gasteiger partial charge in [0, 0.05) is 13.0 Å². The summed E-state index contributed by atoms with van der Waals surface area (Å²) in [6.45, 7) is 3.95. The molecule has 1 saturated heterocycles. The SMILES string of the molecule is CC(C)[C@@H]1O[C@H](CCO)C[C@H](O)[C@H]1O. The maximum absolute atomic E-state index is 9.66. The predicted molar refractivity (Wildman–Crippen MR) is 51.8 cm³/mol. The Balaban J connectivity index is 2.57. The van der Waals surface area contributed by atoms with E-state index in [4.69, 9.17) is 9.84 Å². The number of ether oxygens (including phenoxy) is 1. The monoisotopic (exact) mass is 204 g/mol. The molecule has 0 bridgehead atoms. The molecule has 4 nitrogen and oxygen atoms in total. The molecule has 0 amide bonds. The van der Waals surface area contributed by atoms with Gasteiger partial charge in [0.25, 0.3) is 0 Å². The summed E-state index contributed by atoms with van der Waals surface area (Å²) in [6.07, 6.45) is -1.06. The summed E-state index contributed by atoms with van der Waals surface area (Å²) in [5.74, 6) is 0.168. The quantitative estimate of drug-likeness (QED) is 0.600. The van der Waals surface area contributed by atoms with Gasteiger partial charge in [0.1, 0.15) is 6.10 Å². The van der Waals surface area contributed by atoms with Crippen LogP contribution < -0.4 is 0 Å². The van der Waals surface area contributed by atoms with Gasteiger partial charge in [-0.15, -0.1) is 0 Å². The van der Waals surface area contributed by atoms with Crippen molar-refractivity contribution >= 4 is 0 Å². The maximum atomic E-state index is 9.66. The standard InChI is InChI=1S/C10H20O4/c1-6(2)10-9(13)8(12)5-7(14-10)3-4-11/h6-13H,3-5H2,1-2H3/t7-,8+,9-,10+/m1/s1. The zero-order valence-corrected chi connectivity index (χ0v) is 8.76. The summed E-state index contributed by atoms with van der Waals surface area (Å²) < 4.78 is 5.60. The average Bonchev–Trinajstić information content (AvgIpc) is 2.11. The number of hydrogen-bond donors (Lipinski definition) is 3. The van der Waals surface area contributed by atoms with Crippen LogP contribution in [0.25, 0.3) is 0 Å². The van der Waals surface area contributed by atoms with Gasteiger partial charge >= 0.3 is 0 Å². The van der Waals surface area contributed by atoms with Crippen LogP contribution in [0.5, 0.6) is 0 Å². The Morgan fingerprint density at radius 2 is 2.00 bits per heavy atom. The Kier molecular flexibility index (Phi) is 4.31. The molecule has 0 aromatic heterocycles. The van der Waals surface area contributed by atoms with E-state index in [1.165, 1.54) is 0 Å². The Morgan fingerprint density at radius 3 is 2.50 bits per heavy atom. The van der Waals surface area contributed by atoms with Crippen molar-refractivity contribution in [3.05, 3.63) is 0 Å². The first-order valence-corrected chi connectivity index (χ1v) is 5.18. The second kappa shape index (κ2) is 5.07. The van der Waals surface area contributed by atoms with Crippen molar-refractivity contribution < 1.29 is 20.1 Å². The van der Waals surface area contributed by atoms with Gasteiger partial charge in [-0.05, 0) is 12.3 Å². The molecule has 4 atom stereocenters. The zero-order chi connectivity index (χ0) is 10.7. The first kappa shape index (κ1) is 11.9. The van der Waals surface area contributed by atoms with Crippen LogP contribution in [0.4, 0.5) is 0 Å². The smallest absolute Gasteiger partial charge is 0.106 e. The van der Waals surface area contributed by atoms with Crippen molar-refractivity contribution in [1.82, 2.24) is 0 Å². The highest BCUT2D eigenvalue weighted by Gasteiger charge is 2.37. The van der Waals surface area contributed by atoms with Crippen LogP contribution in [-0.2, 0) is 4.74 Å². The molecule has 1 heterocycles. The third-order valence-corrected chi connectivity index (χ3v) is 2.69. The summed E-state index contributed by atoms with van der Waals surface area (Å²) >= 11 is 0. The first-order chi connectivity index (χ1) is 6.56. The average molecular weight is 204 g/mol. The van der Waals surface area contributed by atoms with Crippen LogP contribution in [0.15, 0.2) is 0 Å². The topological polar surface area (TPSA) is 69.9 Å². The molecule has 0 saturated carbocycles. The van der Waals surface area contributed by atoms with Crippen LogP contribution in [0.1, 0.15) is 26.7 Å². The van der Waals surface area contributed by atoms with Crippen molar-refractivity contribution in [2.75, 3.05) is 6.61 Å². The summed E-state index contributed by atoms with van der Waals surface area (Å²) in [6, 6.07) is 0. The molecule has 4 heteroatoms. The first-order valence-electron chi connectivity index (χ1n) is 5.18. The van der Waals surface area contributed by atoms with Gasteiger partial charge in [-0.1, -0.05) is 13.8 Å². The molecule has 84 valence electrons. The van der Waals surface area contributed by atoms with Crippen molar-refractivity contribution in [3.63, 3.8) is 0 Å². The minimum Gasteiger partial charge on any atom is -0.396 e. The molecule has 0 aromatic rings. The molecule has 0 radical (unpaired) electrons. The van der Waals surface area contributed by atoms with Crippen LogP contribution in [0.2, 0.25) is 0 Å². The normalized spacial score (nSPS) is 39.0. The molecule has 1 aliphatic heterocycles. The van der Waals surface area contributed by atoms with Gasteiger partial charge in [0.05, 0.1) is 18.3 Å². The van der Waals surface area contributed by atoms with E-state index in [2.05, 4.69) is 0 Å². The van der Waals surface area contributed by atoms with Crippen molar-refractivity contribution in [2.45, 2.75) is 51.1 Å². The van der Waals surface area contributed by atoms with Crippen molar-refractivity contribution in [3.8, 4) is 0 Å². The zero-order valence-electron chi connectivity index (χ0n) is 8.76. The van der Waals surface area contributed by atoms with Gasteiger partial charge in [0.15, 0.2) is 0 Å². The minimum atomic E-state index is -0.801. The largest absolute Gasteiger partial charge is 0.396 e. The lowest BCUT2D eigenvalue weighted by Crippen LogP contribution is -2.50. The van der Waals surface area contributed by atoms with E-state index >= 15 is 0 Å². The van der Waals surface area contributed by atoms with Crippen LogP contribution in [0, 0.1) is 5.92 Å². The summed E-state index contributed by atoms with van der Waals surface area (Å²) in [5.41, 5.74) is 0. The molecular formula is C10H20O4. The van der Waals surface area contributed by atoms with E-state index in [-0.39, 0.29) is 24.7 Å². The Labute approximate surface area is 84.5 Å². The highest BCUT2D eigenvalue weighted by molar-refractivity contribution is 4.86. The fourth-order valence-electron chi connectivity index (χ4n) is 1.87. The minimum absolute atomic E-state index is 0.0539. The summed E-state index contributed by atoms with van der Waals surface area (Å²) in [4.78, 5) is 0. The van der Waals surface area contributed by atoms with Crippen molar-refractivity contribution in [1.29, 1.82) is 0 Å². The van der Waals surface area contributed by atoms with Crippen LogP contribution in [0.3, 0.4) is 0 Å². The molecule has 14 heavy (non-hydrogen) atoms. The van der Waals surface area contributed by atoms with E-state index in [1.54, 1.807) is 0 Å². The van der Waals surface area contributed by atoms with Gasteiger partial charge in [-0.2, -0.15) is 0 Å². The molecule has 1 fully saturated rings. The van der Waals surface area contributed by atoms with Gasteiger partial charge in [-0.3, -0.25) is 0 Å². The highest BCUT2D eigenvalue weighted by atomic mass is 16.5. The number of hydrogen-bond acceptors (Lipinski definition) is 4. The maximum Gasteiger partial charge on any atom is 0.106 e. The predicted octanol–water partition coefficient (Wildman–Crippen LogP) is -0.0959. The Hall–Kier alpha value is -0.160. The van der Waals surface area contributed by atoms with Gasteiger partial charge in [-0.25, -0.2) is 0 Å². The molecule has 1 rings (SSSR count). The second-order valence-electron chi connectivity index (χ2n) is 4.27. The molecule has 0 aromatic carbocycles. The van der Waals surface area contributed by atoms with E-state index in [0.29, 0.717) is 12.8 Å². The Bertz CT molecular complexity index is 172. The third kappa shape index (κ3) is 2.67. The summed E-state index contributed by atoms with van der Waals surface area (Å²) in [7, 11) is 0. The lowest BCUT2D eigenvalue weighted by Gasteiger charge is -2.39. The molecule has 0 spiro atoms. The molecule has 0 aliphatic carbocycles. The van der Waals surface area contributed by atoms with Crippen LogP contribution >= 0.6 is 0 Å². The Morgan fingerprint density at radius 1 is 1.36 bits per heavy atom. The number of aliphatic hydroxyl groups excluding tert-OH is 3. The van der Waals surface area contributed by atoms with E-state index in [1.807, 2.05) is 13.8 Å². The van der Waals surface area contributed by atoms with Gasteiger partial charge < -0.3 is 20.1 Å². The molecule has 3 N–H and O–H groups in total. The van der Waals surface area contributed by atoms with Crippen molar-refractivity contribution in [2.24, 2.45) is 5.92 Å². The van der Waals surface area contributed by atoms with Gasteiger partial charge in [0.2, 0.25) is 0 Å². The lowest BCUT2D eigenvalue weighted by atomic mass is 9.90. The van der Waals surface area contributed by atoms with E-state index in [0.717, 1.165) is 0 Å². The van der Waals surface area contributed by atoms with Crippen LogP contribution in [-0.4, -0.2) is 46.3 Å².